The van der Waals surface area contributed by atoms with Gasteiger partial charge < -0.3 is 5.11 Å². The van der Waals surface area contributed by atoms with Crippen LogP contribution < -0.4 is 0 Å². The van der Waals surface area contributed by atoms with Crippen LogP contribution >= 0.6 is 0 Å². The maximum absolute atomic E-state index is 11.5. The van der Waals surface area contributed by atoms with Gasteiger partial charge in [-0.2, -0.15) is 0 Å². The Kier molecular flexibility index (Phi) is 3.60. The van der Waals surface area contributed by atoms with Gasteiger partial charge >= 0.3 is 5.97 Å². The van der Waals surface area contributed by atoms with Gasteiger partial charge in [0.1, 0.15) is 0 Å². The number of hydrogen-bond acceptors (Lipinski definition) is 2. The molecule has 3 fully saturated rings. The second-order valence-corrected chi connectivity index (χ2v) is 6.55. The van der Waals surface area contributed by atoms with Gasteiger partial charge in [-0.25, -0.2) is 0 Å². The Morgan fingerprint density at radius 1 is 0.944 bits per heavy atom. The Balaban J connectivity index is 1.68. The van der Waals surface area contributed by atoms with E-state index in [0.717, 1.165) is 13.1 Å². The molecule has 2 atom stereocenters. The van der Waals surface area contributed by atoms with Crippen LogP contribution in [0.25, 0.3) is 0 Å². The minimum atomic E-state index is -0.549. The fourth-order valence-electron chi connectivity index (χ4n) is 4.55. The van der Waals surface area contributed by atoms with Gasteiger partial charge in [-0.15, -0.1) is 0 Å². The highest BCUT2D eigenvalue weighted by molar-refractivity contribution is 5.71. The van der Waals surface area contributed by atoms with Crippen molar-refractivity contribution in [3.05, 3.63) is 0 Å². The van der Waals surface area contributed by atoms with Crippen molar-refractivity contribution < 1.29 is 9.90 Å². The predicted molar refractivity (Wildman–Crippen MR) is 70.4 cm³/mol. The van der Waals surface area contributed by atoms with Crippen molar-refractivity contribution in [1.82, 2.24) is 4.90 Å². The SMILES string of the molecule is O=C(O)[C@@H]1CN(C2CCCC2)C[C@H]1C1CCCC1. The molecule has 3 nitrogen and oxygen atoms in total. The molecule has 0 aromatic rings. The van der Waals surface area contributed by atoms with Crippen LogP contribution in [0.3, 0.4) is 0 Å². The van der Waals surface area contributed by atoms with E-state index in [9.17, 15) is 9.90 Å². The molecule has 0 radical (unpaired) electrons. The molecule has 0 amide bonds. The van der Waals surface area contributed by atoms with Gasteiger partial charge in [0.05, 0.1) is 5.92 Å². The van der Waals surface area contributed by atoms with E-state index in [4.69, 9.17) is 0 Å². The average Bonchev–Trinajstić information content (AvgIpc) is 3.10. The van der Waals surface area contributed by atoms with E-state index in [1.54, 1.807) is 0 Å². The number of hydrogen-bond donors (Lipinski definition) is 1. The van der Waals surface area contributed by atoms with Crippen molar-refractivity contribution in [3.8, 4) is 0 Å². The number of likely N-dealkylation sites (tertiary alicyclic amines) is 1. The summed E-state index contributed by atoms with van der Waals surface area (Å²) in [7, 11) is 0. The molecule has 3 aliphatic rings. The van der Waals surface area contributed by atoms with Crippen molar-refractivity contribution in [2.24, 2.45) is 17.8 Å². The van der Waals surface area contributed by atoms with Gasteiger partial charge in [0.25, 0.3) is 0 Å². The lowest BCUT2D eigenvalue weighted by molar-refractivity contribution is -0.143. The molecule has 2 aliphatic carbocycles. The van der Waals surface area contributed by atoms with Gasteiger partial charge in [-0.05, 0) is 24.7 Å². The average molecular weight is 251 g/mol. The fraction of sp³-hybridized carbons (Fsp3) is 0.933. The Morgan fingerprint density at radius 3 is 2.17 bits per heavy atom. The molecule has 1 heterocycles. The van der Waals surface area contributed by atoms with Gasteiger partial charge in [0.15, 0.2) is 0 Å². The summed E-state index contributed by atoms with van der Waals surface area (Å²) in [6.07, 6.45) is 10.4. The van der Waals surface area contributed by atoms with Gasteiger partial charge in [0, 0.05) is 19.1 Å². The normalized spacial score (nSPS) is 35.6. The topological polar surface area (TPSA) is 40.5 Å². The second-order valence-electron chi connectivity index (χ2n) is 6.55. The molecule has 3 heteroatoms. The number of nitrogens with zero attached hydrogens (tertiary/aromatic N) is 1. The number of carbonyl (C=O) groups is 1. The minimum Gasteiger partial charge on any atom is -0.481 e. The summed E-state index contributed by atoms with van der Waals surface area (Å²) in [5.74, 6) is 0.490. The van der Waals surface area contributed by atoms with Crippen LogP contribution in [-0.4, -0.2) is 35.1 Å². The molecule has 1 aliphatic heterocycles. The third kappa shape index (κ3) is 2.29. The molecule has 0 bridgehead atoms. The van der Waals surface area contributed by atoms with Crippen molar-refractivity contribution in [2.75, 3.05) is 13.1 Å². The summed E-state index contributed by atoms with van der Waals surface area (Å²) >= 11 is 0. The Labute approximate surface area is 110 Å². The first kappa shape index (κ1) is 12.5. The molecule has 0 spiro atoms. The number of carboxylic acids is 1. The fourth-order valence-corrected chi connectivity index (χ4v) is 4.55. The number of rotatable bonds is 3. The number of aliphatic carboxylic acids is 1. The van der Waals surface area contributed by atoms with E-state index in [2.05, 4.69) is 4.90 Å². The maximum atomic E-state index is 11.5. The molecule has 102 valence electrons. The molecular weight excluding hydrogens is 226 g/mol. The molecule has 0 unspecified atom stereocenters. The first-order valence-electron chi connectivity index (χ1n) is 7.72. The van der Waals surface area contributed by atoms with Gasteiger partial charge in [-0.1, -0.05) is 38.5 Å². The minimum absolute atomic E-state index is 0.0892. The molecular formula is C15H25NO2. The van der Waals surface area contributed by atoms with Crippen LogP contribution in [0.4, 0.5) is 0 Å². The second kappa shape index (κ2) is 5.20. The molecule has 0 aromatic heterocycles. The summed E-state index contributed by atoms with van der Waals surface area (Å²) in [5, 5.41) is 9.48. The standard InChI is InChI=1S/C15H25NO2/c17-15(18)14-10-16(12-7-3-4-8-12)9-13(14)11-5-1-2-6-11/h11-14H,1-10H2,(H,17,18)/t13-,14+/m0/s1. The highest BCUT2D eigenvalue weighted by atomic mass is 16.4. The van der Waals surface area contributed by atoms with Crippen molar-refractivity contribution in [3.63, 3.8) is 0 Å². The van der Waals surface area contributed by atoms with Crippen LogP contribution in [0.5, 0.6) is 0 Å². The van der Waals surface area contributed by atoms with E-state index in [0.29, 0.717) is 17.9 Å². The molecule has 3 rings (SSSR count). The molecule has 0 aromatic carbocycles. The zero-order chi connectivity index (χ0) is 12.5. The zero-order valence-electron chi connectivity index (χ0n) is 11.2. The molecule has 1 saturated heterocycles. The van der Waals surface area contributed by atoms with Crippen molar-refractivity contribution in [1.29, 1.82) is 0 Å². The first-order valence-corrected chi connectivity index (χ1v) is 7.72. The third-order valence-electron chi connectivity index (χ3n) is 5.56. The first-order chi connectivity index (χ1) is 8.75. The Hall–Kier alpha value is -0.570. The van der Waals surface area contributed by atoms with E-state index in [1.807, 2.05) is 0 Å². The van der Waals surface area contributed by atoms with Gasteiger partial charge in [-0.3, -0.25) is 9.69 Å². The zero-order valence-corrected chi connectivity index (χ0v) is 11.2. The summed E-state index contributed by atoms with van der Waals surface area (Å²) in [6, 6.07) is 0.693. The molecule has 1 N–H and O–H groups in total. The Bertz CT molecular complexity index is 306. The smallest absolute Gasteiger partial charge is 0.308 e. The van der Waals surface area contributed by atoms with Crippen LogP contribution in [0.15, 0.2) is 0 Å². The molecule has 18 heavy (non-hydrogen) atoms. The van der Waals surface area contributed by atoms with E-state index < -0.39 is 5.97 Å². The quantitative estimate of drug-likeness (QED) is 0.838. The van der Waals surface area contributed by atoms with E-state index >= 15 is 0 Å². The monoisotopic (exact) mass is 251 g/mol. The van der Waals surface area contributed by atoms with Crippen LogP contribution in [0, 0.1) is 17.8 Å². The van der Waals surface area contributed by atoms with Crippen LogP contribution in [0.2, 0.25) is 0 Å². The van der Waals surface area contributed by atoms with Crippen LogP contribution in [-0.2, 0) is 4.79 Å². The lowest BCUT2D eigenvalue weighted by Crippen LogP contribution is -2.32. The van der Waals surface area contributed by atoms with E-state index in [-0.39, 0.29) is 5.92 Å². The predicted octanol–water partition coefficient (Wildman–Crippen LogP) is 2.75. The summed E-state index contributed by atoms with van der Waals surface area (Å²) in [4.78, 5) is 14.0. The maximum Gasteiger partial charge on any atom is 0.308 e. The van der Waals surface area contributed by atoms with Crippen LogP contribution in [0.1, 0.15) is 51.4 Å². The summed E-state index contributed by atoms with van der Waals surface area (Å²) < 4.78 is 0. The lowest BCUT2D eigenvalue weighted by Gasteiger charge is -2.24. The summed E-state index contributed by atoms with van der Waals surface area (Å²) in [5.41, 5.74) is 0. The lowest BCUT2D eigenvalue weighted by atomic mass is 9.83. The van der Waals surface area contributed by atoms with Crippen molar-refractivity contribution in [2.45, 2.75) is 57.4 Å². The Morgan fingerprint density at radius 2 is 1.56 bits per heavy atom. The third-order valence-corrected chi connectivity index (χ3v) is 5.56. The van der Waals surface area contributed by atoms with Gasteiger partial charge in [0.2, 0.25) is 0 Å². The largest absolute Gasteiger partial charge is 0.481 e. The van der Waals surface area contributed by atoms with Crippen molar-refractivity contribution >= 4 is 5.97 Å². The summed E-state index contributed by atoms with van der Waals surface area (Å²) in [6.45, 7) is 1.88. The van der Waals surface area contributed by atoms with E-state index in [1.165, 1.54) is 51.4 Å². The molecule has 2 saturated carbocycles. The highest BCUT2D eigenvalue weighted by Gasteiger charge is 2.44. The number of carboxylic acid groups (broad SMARTS) is 1. The highest BCUT2D eigenvalue weighted by Crippen LogP contribution is 2.41.